The monoisotopic (exact) mass is 265 g/mol. The van der Waals surface area contributed by atoms with Crippen LogP contribution in [0.5, 0.6) is 0 Å². The zero-order chi connectivity index (χ0) is 14.1. The molecule has 5 heteroatoms. The van der Waals surface area contributed by atoms with Crippen molar-refractivity contribution in [3.63, 3.8) is 0 Å². The molecule has 1 unspecified atom stereocenters. The SMILES string of the molecule is CC(CNC(=O)CCOCc1ccccc1)C(=O)O. The number of benzene rings is 1. The largest absolute Gasteiger partial charge is 0.481 e. The molecule has 1 aromatic carbocycles. The third-order valence-corrected chi connectivity index (χ3v) is 2.61. The summed E-state index contributed by atoms with van der Waals surface area (Å²) in [6.45, 7) is 2.49. The highest BCUT2D eigenvalue weighted by Crippen LogP contribution is 2.00. The highest BCUT2D eigenvalue weighted by Gasteiger charge is 2.11. The Morgan fingerprint density at radius 3 is 2.63 bits per heavy atom. The first-order valence-corrected chi connectivity index (χ1v) is 6.20. The second-order valence-corrected chi connectivity index (χ2v) is 4.33. The zero-order valence-corrected chi connectivity index (χ0v) is 11.0. The highest BCUT2D eigenvalue weighted by atomic mass is 16.5. The second-order valence-electron chi connectivity index (χ2n) is 4.33. The van der Waals surface area contributed by atoms with Crippen molar-refractivity contribution >= 4 is 11.9 Å². The Morgan fingerprint density at radius 2 is 2.00 bits per heavy atom. The number of hydrogen-bond acceptors (Lipinski definition) is 3. The van der Waals surface area contributed by atoms with E-state index in [1.54, 1.807) is 6.92 Å². The number of hydrogen-bond donors (Lipinski definition) is 2. The van der Waals surface area contributed by atoms with E-state index in [0.29, 0.717) is 13.2 Å². The average Bonchev–Trinajstić information content (AvgIpc) is 2.42. The van der Waals surface area contributed by atoms with Crippen LogP contribution in [0, 0.1) is 5.92 Å². The molecule has 5 nitrogen and oxygen atoms in total. The molecular weight excluding hydrogens is 246 g/mol. The Balaban J connectivity index is 2.09. The molecule has 2 N–H and O–H groups in total. The smallest absolute Gasteiger partial charge is 0.308 e. The molecule has 104 valence electrons. The van der Waals surface area contributed by atoms with E-state index in [4.69, 9.17) is 9.84 Å². The fourth-order valence-electron chi connectivity index (χ4n) is 1.37. The molecule has 0 aromatic heterocycles. The number of carbonyl (C=O) groups excluding carboxylic acids is 1. The van der Waals surface area contributed by atoms with E-state index in [1.807, 2.05) is 30.3 Å². The van der Waals surface area contributed by atoms with E-state index >= 15 is 0 Å². The molecule has 0 fully saturated rings. The number of carboxylic acid groups (broad SMARTS) is 1. The molecule has 19 heavy (non-hydrogen) atoms. The average molecular weight is 265 g/mol. The topological polar surface area (TPSA) is 75.6 Å². The number of ether oxygens (including phenoxy) is 1. The Morgan fingerprint density at radius 1 is 1.32 bits per heavy atom. The lowest BCUT2D eigenvalue weighted by Gasteiger charge is -2.08. The van der Waals surface area contributed by atoms with Crippen molar-refractivity contribution in [2.45, 2.75) is 20.0 Å². The van der Waals surface area contributed by atoms with Crippen LogP contribution in [-0.4, -0.2) is 30.1 Å². The minimum atomic E-state index is -0.916. The summed E-state index contributed by atoms with van der Waals surface area (Å²) in [5.74, 6) is -1.68. The van der Waals surface area contributed by atoms with Crippen LogP contribution < -0.4 is 5.32 Å². The molecule has 0 spiro atoms. The fourth-order valence-corrected chi connectivity index (χ4v) is 1.37. The van der Waals surface area contributed by atoms with Gasteiger partial charge in [-0.05, 0) is 5.56 Å². The number of rotatable bonds is 8. The molecule has 1 rings (SSSR count). The molecule has 0 bridgehead atoms. The molecule has 0 aliphatic rings. The highest BCUT2D eigenvalue weighted by molar-refractivity contribution is 5.77. The Labute approximate surface area is 112 Å². The quantitative estimate of drug-likeness (QED) is 0.697. The van der Waals surface area contributed by atoms with Crippen LogP contribution >= 0.6 is 0 Å². The standard InChI is InChI=1S/C14H19NO4/c1-11(14(17)18)9-15-13(16)7-8-19-10-12-5-3-2-4-6-12/h2-6,11H,7-10H2,1H3,(H,15,16)(H,17,18). The molecule has 0 radical (unpaired) electrons. The van der Waals surface area contributed by atoms with Crippen molar-refractivity contribution in [2.75, 3.05) is 13.2 Å². The van der Waals surface area contributed by atoms with Gasteiger partial charge in [0.1, 0.15) is 0 Å². The van der Waals surface area contributed by atoms with Crippen LogP contribution in [0.25, 0.3) is 0 Å². The lowest BCUT2D eigenvalue weighted by molar-refractivity contribution is -0.141. The minimum absolute atomic E-state index is 0.146. The maximum absolute atomic E-state index is 11.4. The molecule has 0 heterocycles. The van der Waals surface area contributed by atoms with Gasteiger partial charge in [-0.3, -0.25) is 9.59 Å². The van der Waals surface area contributed by atoms with Crippen molar-refractivity contribution < 1.29 is 19.4 Å². The van der Waals surface area contributed by atoms with Crippen LogP contribution in [0.2, 0.25) is 0 Å². The summed E-state index contributed by atoms with van der Waals surface area (Å²) < 4.78 is 5.37. The predicted molar refractivity (Wildman–Crippen MR) is 70.5 cm³/mol. The van der Waals surface area contributed by atoms with Crippen molar-refractivity contribution in [2.24, 2.45) is 5.92 Å². The zero-order valence-electron chi connectivity index (χ0n) is 11.0. The Hall–Kier alpha value is -1.88. The van der Waals surface area contributed by atoms with Crippen LogP contribution in [0.15, 0.2) is 30.3 Å². The van der Waals surface area contributed by atoms with Gasteiger partial charge in [-0.1, -0.05) is 37.3 Å². The third kappa shape index (κ3) is 6.57. The number of carboxylic acids is 1. The fraction of sp³-hybridized carbons (Fsp3) is 0.429. The Kier molecular flexibility index (Phi) is 6.60. The van der Waals surface area contributed by atoms with Gasteiger partial charge < -0.3 is 15.2 Å². The van der Waals surface area contributed by atoms with Crippen LogP contribution in [-0.2, 0) is 20.9 Å². The minimum Gasteiger partial charge on any atom is -0.481 e. The van der Waals surface area contributed by atoms with Gasteiger partial charge in [-0.15, -0.1) is 0 Å². The first-order chi connectivity index (χ1) is 9.09. The summed E-state index contributed by atoms with van der Waals surface area (Å²) in [5, 5.41) is 11.2. The van der Waals surface area contributed by atoms with E-state index in [9.17, 15) is 9.59 Å². The summed E-state index contributed by atoms with van der Waals surface area (Å²) in [6, 6.07) is 9.70. The maximum atomic E-state index is 11.4. The van der Waals surface area contributed by atoms with Gasteiger partial charge in [0.25, 0.3) is 0 Å². The van der Waals surface area contributed by atoms with Crippen molar-refractivity contribution in [1.82, 2.24) is 5.32 Å². The number of carbonyl (C=O) groups is 2. The molecule has 0 saturated heterocycles. The number of amides is 1. The van der Waals surface area contributed by atoms with Gasteiger partial charge in [0.15, 0.2) is 0 Å². The number of nitrogens with one attached hydrogen (secondary N) is 1. The third-order valence-electron chi connectivity index (χ3n) is 2.61. The van der Waals surface area contributed by atoms with E-state index < -0.39 is 11.9 Å². The van der Waals surface area contributed by atoms with E-state index in [2.05, 4.69) is 5.32 Å². The van der Waals surface area contributed by atoms with Crippen molar-refractivity contribution in [3.8, 4) is 0 Å². The van der Waals surface area contributed by atoms with Gasteiger partial charge in [-0.2, -0.15) is 0 Å². The van der Waals surface area contributed by atoms with Gasteiger partial charge in [0, 0.05) is 13.0 Å². The summed E-state index contributed by atoms with van der Waals surface area (Å²) in [6.07, 6.45) is 0.235. The van der Waals surface area contributed by atoms with Crippen LogP contribution in [0.4, 0.5) is 0 Å². The molecule has 0 aliphatic carbocycles. The van der Waals surface area contributed by atoms with Crippen LogP contribution in [0.3, 0.4) is 0 Å². The van der Waals surface area contributed by atoms with Gasteiger partial charge in [-0.25, -0.2) is 0 Å². The molecule has 1 amide bonds. The van der Waals surface area contributed by atoms with Gasteiger partial charge in [0.05, 0.1) is 19.1 Å². The molecular formula is C14H19NO4. The van der Waals surface area contributed by atoms with Gasteiger partial charge in [0.2, 0.25) is 5.91 Å². The second kappa shape index (κ2) is 8.26. The maximum Gasteiger partial charge on any atom is 0.308 e. The van der Waals surface area contributed by atoms with E-state index in [0.717, 1.165) is 5.56 Å². The normalized spacial score (nSPS) is 11.8. The molecule has 1 atom stereocenters. The van der Waals surface area contributed by atoms with E-state index in [1.165, 1.54) is 0 Å². The van der Waals surface area contributed by atoms with Crippen LogP contribution in [0.1, 0.15) is 18.9 Å². The molecule has 1 aromatic rings. The first kappa shape index (κ1) is 15.2. The summed E-state index contributed by atoms with van der Waals surface area (Å²) in [7, 11) is 0. The van der Waals surface area contributed by atoms with E-state index in [-0.39, 0.29) is 18.9 Å². The lowest BCUT2D eigenvalue weighted by Crippen LogP contribution is -2.31. The Bertz CT molecular complexity index is 405. The number of aliphatic carboxylic acids is 1. The summed E-state index contributed by atoms with van der Waals surface area (Å²) in [4.78, 5) is 22.0. The van der Waals surface area contributed by atoms with Crippen molar-refractivity contribution in [3.05, 3.63) is 35.9 Å². The summed E-state index contributed by atoms with van der Waals surface area (Å²) in [5.41, 5.74) is 1.06. The summed E-state index contributed by atoms with van der Waals surface area (Å²) >= 11 is 0. The first-order valence-electron chi connectivity index (χ1n) is 6.20. The molecule has 0 aliphatic heterocycles. The predicted octanol–water partition coefficient (Wildman–Crippen LogP) is 1.43. The molecule has 0 saturated carbocycles. The van der Waals surface area contributed by atoms with Crippen molar-refractivity contribution in [1.29, 1.82) is 0 Å². The van der Waals surface area contributed by atoms with Gasteiger partial charge >= 0.3 is 5.97 Å². The lowest BCUT2D eigenvalue weighted by atomic mass is 10.2.